The lowest BCUT2D eigenvalue weighted by atomic mass is 9.83. The van der Waals surface area contributed by atoms with Gasteiger partial charge in [-0.3, -0.25) is 4.79 Å². The van der Waals surface area contributed by atoms with Crippen LogP contribution in [0.3, 0.4) is 0 Å². The Morgan fingerprint density at radius 1 is 1.36 bits per heavy atom. The monoisotopic (exact) mass is 390 g/mol. The van der Waals surface area contributed by atoms with E-state index in [0.717, 1.165) is 17.3 Å². The first-order chi connectivity index (χ1) is 13.4. The van der Waals surface area contributed by atoms with Gasteiger partial charge in [-0.15, -0.1) is 0 Å². The summed E-state index contributed by atoms with van der Waals surface area (Å²) in [5, 5.41) is 22.6. The predicted octanol–water partition coefficient (Wildman–Crippen LogP) is 0.218. The summed E-state index contributed by atoms with van der Waals surface area (Å²) in [5.74, 6) is 1.73. The van der Waals surface area contributed by atoms with E-state index in [0.29, 0.717) is 19.5 Å². The number of aromatic nitrogens is 2. The largest absolute Gasteiger partial charge is 0.395 e. The maximum atomic E-state index is 12.5. The van der Waals surface area contributed by atoms with Gasteiger partial charge in [-0.05, 0) is 13.3 Å². The lowest BCUT2D eigenvalue weighted by Crippen LogP contribution is -2.47. The molecule has 3 N–H and O–H groups in total. The Bertz CT molecular complexity index is 743. The first kappa shape index (κ1) is 19.5. The highest BCUT2D eigenvalue weighted by Gasteiger charge is 2.57. The van der Waals surface area contributed by atoms with Crippen molar-refractivity contribution >= 4 is 11.7 Å². The Kier molecular flexibility index (Phi) is 5.28. The summed E-state index contributed by atoms with van der Waals surface area (Å²) in [6, 6.07) is 1.99. The number of nitrogens with zero attached hydrogens (tertiary/aromatic N) is 3. The summed E-state index contributed by atoms with van der Waals surface area (Å²) >= 11 is 0. The van der Waals surface area contributed by atoms with Crippen LogP contribution in [0, 0.1) is 24.7 Å². The first-order valence-corrected chi connectivity index (χ1v) is 10.2. The van der Waals surface area contributed by atoms with Crippen molar-refractivity contribution < 1.29 is 19.7 Å². The lowest BCUT2D eigenvalue weighted by molar-refractivity contribution is -0.140. The number of aliphatic hydroxyl groups excluding tert-OH is 2. The number of ether oxygens (including phenoxy) is 1. The van der Waals surface area contributed by atoms with E-state index in [-0.39, 0.29) is 54.9 Å². The average Bonchev–Trinajstić information content (AvgIpc) is 3.27. The van der Waals surface area contributed by atoms with E-state index < -0.39 is 6.10 Å². The molecule has 0 radical (unpaired) electrons. The molecular weight excluding hydrogens is 360 g/mol. The molecule has 1 aromatic rings. The number of fused-ring (bicyclic) bond motifs is 4. The number of anilines is 1. The Hall–Kier alpha value is -1.77. The summed E-state index contributed by atoms with van der Waals surface area (Å²) < 4.78 is 6.07. The van der Waals surface area contributed by atoms with Gasteiger partial charge in [-0.25, -0.2) is 9.97 Å². The molecule has 1 unspecified atom stereocenters. The van der Waals surface area contributed by atoms with Gasteiger partial charge in [0.15, 0.2) is 0 Å². The number of rotatable bonds is 5. The molecule has 2 bridgehead atoms. The van der Waals surface area contributed by atoms with Gasteiger partial charge < -0.3 is 25.2 Å². The van der Waals surface area contributed by atoms with Crippen LogP contribution in [-0.2, 0) is 9.53 Å². The Balaban J connectivity index is 1.55. The van der Waals surface area contributed by atoms with Crippen LogP contribution in [0.1, 0.15) is 37.7 Å². The number of carbonyl (C=O) groups is 1. The van der Waals surface area contributed by atoms with E-state index in [1.54, 1.807) is 0 Å². The predicted molar refractivity (Wildman–Crippen MR) is 103 cm³/mol. The highest BCUT2D eigenvalue weighted by Crippen LogP contribution is 2.47. The van der Waals surface area contributed by atoms with Gasteiger partial charge in [-0.2, -0.15) is 0 Å². The summed E-state index contributed by atoms with van der Waals surface area (Å²) in [6.45, 7) is 7.71. The molecule has 0 aliphatic carbocycles. The van der Waals surface area contributed by atoms with Crippen molar-refractivity contribution in [3.05, 3.63) is 17.6 Å². The zero-order valence-electron chi connectivity index (χ0n) is 16.7. The van der Waals surface area contributed by atoms with Crippen LogP contribution in [0.4, 0.5) is 5.82 Å². The molecule has 0 aromatic carbocycles. The maximum absolute atomic E-state index is 12.5. The van der Waals surface area contributed by atoms with E-state index in [2.05, 4.69) is 29.0 Å². The van der Waals surface area contributed by atoms with E-state index >= 15 is 0 Å². The van der Waals surface area contributed by atoms with Crippen LogP contribution in [0.5, 0.6) is 0 Å². The van der Waals surface area contributed by atoms with Crippen molar-refractivity contribution in [2.24, 2.45) is 17.8 Å². The molecule has 3 saturated heterocycles. The molecular formula is C20H30N4O4. The van der Waals surface area contributed by atoms with Gasteiger partial charge in [0.2, 0.25) is 5.91 Å². The molecule has 154 valence electrons. The minimum absolute atomic E-state index is 0.0668. The van der Waals surface area contributed by atoms with Crippen molar-refractivity contribution in [1.29, 1.82) is 0 Å². The second-order valence-corrected chi connectivity index (χ2v) is 8.60. The van der Waals surface area contributed by atoms with Gasteiger partial charge in [0.25, 0.3) is 0 Å². The summed E-state index contributed by atoms with van der Waals surface area (Å²) in [6.07, 6.45) is -0.529. The fourth-order valence-electron chi connectivity index (χ4n) is 4.94. The van der Waals surface area contributed by atoms with Crippen LogP contribution in [-0.4, -0.2) is 70.6 Å². The molecule has 8 heteroatoms. The van der Waals surface area contributed by atoms with Crippen LogP contribution in [0.2, 0.25) is 0 Å². The van der Waals surface area contributed by atoms with Gasteiger partial charge in [-0.1, -0.05) is 13.8 Å². The smallest absolute Gasteiger partial charge is 0.225 e. The number of hydrogen-bond donors (Lipinski definition) is 3. The number of aliphatic hydroxyl groups is 2. The third-order valence-corrected chi connectivity index (χ3v) is 6.31. The molecule has 8 nitrogen and oxygen atoms in total. The quantitative estimate of drug-likeness (QED) is 0.660. The first-order valence-electron chi connectivity index (χ1n) is 10.2. The van der Waals surface area contributed by atoms with Gasteiger partial charge in [0.05, 0.1) is 30.8 Å². The number of nitrogens with one attached hydrogen (secondary N) is 1. The molecule has 4 rings (SSSR count). The zero-order valence-corrected chi connectivity index (χ0v) is 16.7. The number of aryl methyl sites for hydroxylation is 1. The molecule has 4 heterocycles. The third-order valence-electron chi connectivity index (χ3n) is 6.31. The van der Waals surface area contributed by atoms with Crippen molar-refractivity contribution in [3.63, 3.8) is 0 Å². The summed E-state index contributed by atoms with van der Waals surface area (Å²) in [7, 11) is 0. The number of hydrogen-bond acceptors (Lipinski definition) is 7. The normalized spacial score (nSPS) is 34.0. The maximum Gasteiger partial charge on any atom is 0.225 e. The minimum Gasteiger partial charge on any atom is -0.395 e. The molecule has 3 fully saturated rings. The highest BCUT2D eigenvalue weighted by molar-refractivity contribution is 5.79. The van der Waals surface area contributed by atoms with E-state index in [1.165, 1.54) is 0 Å². The number of carbonyl (C=O) groups excluding carboxylic acids is 1. The van der Waals surface area contributed by atoms with Gasteiger partial charge >= 0.3 is 0 Å². The highest BCUT2D eigenvalue weighted by atomic mass is 16.5. The second-order valence-electron chi connectivity index (χ2n) is 8.60. The molecule has 3 aliphatic rings. The molecule has 3 aliphatic heterocycles. The van der Waals surface area contributed by atoms with E-state index in [1.807, 2.05) is 13.0 Å². The Morgan fingerprint density at radius 2 is 2.11 bits per heavy atom. The number of amides is 1. The van der Waals surface area contributed by atoms with Gasteiger partial charge in [0, 0.05) is 49.1 Å². The molecule has 6 atom stereocenters. The van der Waals surface area contributed by atoms with E-state index in [9.17, 15) is 9.90 Å². The van der Waals surface area contributed by atoms with Crippen molar-refractivity contribution in [3.8, 4) is 0 Å². The molecule has 28 heavy (non-hydrogen) atoms. The second kappa shape index (κ2) is 7.57. The molecule has 1 amide bonds. The standard InChI is InChI=1S/C20H30N4O4/c1-10(2)19-22-11(3)6-16(23-19)24-8-13-14(9-24)18-12(20(27)21-4-5-25)7-15(28-18)17(13)26/h6,10,12-15,17-18,25-26H,4-5,7-9H2,1-3H3,(H,21,27)/t12?,13-,14+,15+,17+,18-/m1/s1. The van der Waals surface area contributed by atoms with Crippen molar-refractivity contribution in [1.82, 2.24) is 15.3 Å². The van der Waals surface area contributed by atoms with Crippen LogP contribution < -0.4 is 10.2 Å². The Labute approximate surface area is 165 Å². The molecule has 0 spiro atoms. The molecule has 1 aromatic heterocycles. The van der Waals surface area contributed by atoms with Crippen molar-refractivity contribution in [2.45, 2.75) is 51.4 Å². The van der Waals surface area contributed by atoms with Crippen LogP contribution in [0.15, 0.2) is 6.07 Å². The van der Waals surface area contributed by atoms with Crippen LogP contribution in [0.25, 0.3) is 0 Å². The topological polar surface area (TPSA) is 108 Å². The molecule has 0 saturated carbocycles. The van der Waals surface area contributed by atoms with E-state index in [4.69, 9.17) is 14.8 Å². The van der Waals surface area contributed by atoms with Crippen molar-refractivity contribution in [2.75, 3.05) is 31.1 Å². The summed E-state index contributed by atoms with van der Waals surface area (Å²) in [4.78, 5) is 24.0. The lowest BCUT2D eigenvalue weighted by Gasteiger charge is -2.36. The zero-order chi connectivity index (χ0) is 20.0. The summed E-state index contributed by atoms with van der Waals surface area (Å²) in [5.41, 5.74) is 0.933. The fourth-order valence-corrected chi connectivity index (χ4v) is 4.94. The average molecular weight is 390 g/mol. The third kappa shape index (κ3) is 3.38. The SMILES string of the molecule is Cc1cc(N2C[C@H]3[C@H](O)[C@@H]4CC(C(=O)NCCO)[C@@H](O4)[C@H]3C2)nc(C(C)C)n1. The van der Waals surface area contributed by atoms with Gasteiger partial charge in [0.1, 0.15) is 11.6 Å². The fraction of sp³-hybridized carbons (Fsp3) is 0.750. The van der Waals surface area contributed by atoms with Crippen LogP contribution >= 0.6 is 0 Å². The minimum atomic E-state index is -0.575. The Morgan fingerprint density at radius 3 is 2.82 bits per heavy atom.